The fraction of sp³-hybridized carbons (Fsp3) is 0.211. The van der Waals surface area contributed by atoms with E-state index >= 15 is 0 Å². The molecule has 0 radical (unpaired) electrons. The first kappa shape index (κ1) is 21.5. The third-order valence-corrected chi connectivity index (χ3v) is 3.20. The molecule has 0 amide bonds. The number of rotatable bonds is 5. The quantitative estimate of drug-likeness (QED) is 0.253. The highest BCUT2D eigenvalue weighted by atomic mass is 19.4. The zero-order valence-corrected chi connectivity index (χ0v) is 13.9. The van der Waals surface area contributed by atoms with Crippen molar-refractivity contribution >= 4 is 12.4 Å². The highest BCUT2D eigenvalue weighted by Crippen LogP contribution is 2.36. The molecule has 0 aliphatic rings. The van der Waals surface area contributed by atoms with Crippen LogP contribution in [0.25, 0.3) is 6.08 Å². The lowest BCUT2D eigenvalue weighted by molar-refractivity contribution is -0.143. The molecule has 7 heteroatoms. The first-order valence-corrected chi connectivity index (χ1v) is 7.38. The Morgan fingerprint density at radius 2 is 1.31 bits per heavy atom. The Balaban J connectivity index is 3.13. The molecule has 0 spiro atoms. The zero-order valence-electron chi connectivity index (χ0n) is 13.9. The molecule has 0 N–H and O–H groups in total. The first-order chi connectivity index (χ1) is 11.9. The minimum Gasteiger partial charge on any atom is -0.299 e. The number of allylic oxidation sites excluding steroid dienone is 7. The van der Waals surface area contributed by atoms with Gasteiger partial charge in [0, 0.05) is 0 Å². The number of halogens is 6. The lowest BCUT2D eigenvalue weighted by Gasteiger charge is -2.12. The molecule has 0 aromatic heterocycles. The van der Waals surface area contributed by atoms with Gasteiger partial charge in [-0.3, -0.25) is 4.79 Å². The van der Waals surface area contributed by atoms with E-state index in [0.717, 1.165) is 0 Å². The Bertz CT molecular complexity index is 729. The Labute approximate surface area is 147 Å². The Kier molecular flexibility index (Phi) is 7.18. The molecule has 0 fully saturated rings. The fourth-order valence-corrected chi connectivity index (χ4v) is 1.87. The van der Waals surface area contributed by atoms with Gasteiger partial charge in [-0.15, -0.1) is 0 Å². The van der Waals surface area contributed by atoms with Crippen molar-refractivity contribution in [3.05, 3.63) is 76.4 Å². The summed E-state index contributed by atoms with van der Waals surface area (Å²) in [6.07, 6.45) is -0.341. The van der Waals surface area contributed by atoms with E-state index in [1.54, 1.807) is 32.1 Å². The van der Waals surface area contributed by atoms with E-state index in [1.807, 2.05) is 0 Å². The Morgan fingerprint density at radius 1 is 0.808 bits per heavy atom. The van der Waals surface area contributed by atoms with Crippen LogP contribution >= 0.6 is 0 Å². The molecule has 0 atom stereocenters. The second-order valence-electron chi connectivity index (χ2n) is 5.49. The van der Waals surface area contributed by atoms with Gasteiger partial charge in [-0.1, -0.05) is 36.0 Å². The van der Waals surface area contributed by atoms with Crippen LogP contribution in [0, 0.1) is 0 Å². The summed E-state index contributed by atoms with van der Waals surface area (Å²) >= 11 is 0. The minimum atomic E-state index is -4.88. The lowest BCUT2D eigenvalue weighted by Crippen LogP contribution is -2.11. The van der Waals surface area contributed by atoms with Gasteiger partial charge in [0.25, 0.3) is 0 Å². The van der Waals surface area contributed by atoms with Crippen LogP contribution in [0.2, 0.25) is 0 Å². The van der Waals surface area contributed by atoms with Crippen LogP contribution in [-0.2, 0) is 17.1 Å². The largest absolute Gasteiger partial charge is 0.416 e. The smallest absolute Gasteiger partial charge is 0.299 e. The normalized spacial score (nSPS) is 14.5. The molecule has 0 bridgehead atoms. The van der Waals surface area contributed by atoms with Gasteiger partial charge < -0.3 is 0 Å². The summed E-state index contributed by atoms with van der Waals surface area (Å²) in [5.41, 5.74) is -1.63. The van der Waals surface area contributed by atoms with E-state index in [-0.39, 0.29) is 11.6 Å². The average Bonchev–Trinajstić information content (AvgIpc) is 2.51. The predicted molar refractivity (Wildman–Crippen MR) is 88.2 cm³/mol. The molecule has 0 unspecified atom stereocenters. The van der Waals surface area contributed by atoms with Gasteiger partial charge in [0.1, 0.15) is 6.29 Å². The number of hydrogen-bond donors (Lipinski definition) is 0. The molecule has 0 aliphatic carbocycles. The van der Waals surface area contributed by atoms with Crippen molar-refractivity contribution in [3.8, 4) is 0 Å². The van der Waals surface area contributed by atoms with Crippen molar-refractivity contribution in [2.75, 3.05) is 0 Å². The molecular weight excluding hydrogens is 358 g/mol. The van der Waals surface area contributed by atoms with E-state index in [1.165, 1.54) is 18.2 Å². The van der Waals surface area contributed by atoms with Crippen molar-refractivity contribution in [2.45, 2.75) is 26.2 Å². The lowest BCUT2D eigenvalue weighted by atomic mass is 10.0. The maximum absolute atomic E-state index is 12.8. The van der Waals surface area contributed by atoms with Crippen LogP contribution in [0.4, 0.5) is 26.3 Å². The summed E-state index contributed by atoms with van der Waals surface area (Å²) in [5.74, 6) is 0. The van der Waals surface area contributed by atoms with Crippen molar-refractivity contribution in [1.29, 1.82) is 0 Å². The number of carbonyl (C=O) groups is 1. The van der Waals surface area contributed by atoms with Crippen LogP contribution in [-0.4, -0.2) is 6.29 Å². The molecule has 1 aromatic rings. The molecule has 0 heterocycles. The predicted octanol–water partition coefficient (Wildman–Crippen LogP) is 6.39. The van der Waals surface area contributed by atoms with Crippen LogP contribution in [0.15, 0.2) is 59.7 Å². The molecule has 26 heavy (non-hydrogen) atoms. The van der Waals surface area contributed by atoms with Gasteiger partial charge in [-0.25, -0.2) is 0 Å². The zero-order chi connectivity index (χ0) is 20.0. The van der Waals surface area contributed by atoms with Crippen molar-refractivity contribution in [3.63, 3.8) is 0 Å². The SMILES string of the molecule is CC(/C=C/C=C(C)/C=C/c1cc(C(F)(F)F)cc(C(F)(F)F)c1)=C\C=O. The summed E-state index contributed by atoms with van der Waals surface area (Å²) < 4.78 is 76.8. The van der Waals surface area contributed by atoms with Crippen LogP contribution in [0.3, 0.4) is 0 Å². The highest BCUT2D eigenvalue weighted by Gasteiger charge is 2.36. The average molecular weight is 374 g/mol. The molecule has 0 saturated carbocycles. The van der Waals surface area contributed by atoms with Crippen molar-refractivity contribution in [1.82, 2.24) is 0 Å². The van der Waals surface area contributed by atoms with Gasteiger partial charge in [-0.05, 0) is 49.3 Å². The number of alkyl halides is 6. The topological polar surface area (TPSA) is 17.1 Å². The van der Waals surface area contributed by atoms with Gasteiger partial charge in [-0.2, -0.15) is 26.3 Å². The summed E-state index contributed by atoms with van der Waals surface area (Å²) in [6, 6.07) is 1.41. The van der Waals surface area contributed by atoms with Gasteiger partial charge in [0.15, 0.2) is 0 Å². The second kappa shape index (κ2) is 8.69. The van der Waals surface area contributed by atoms with E-state index in [2.05, 4.69) is 0 Å². The monoisotopic (exact) mass is 374 g/mol. The first-order valence-electron chi connectivity index (χ1n) is 7.38. The van der Waals surface area contributed by atoms with Crippen LogP contribution in [0.5, 0.6) is 0 Å². The van der Waals surface area contributed by atoms with Gasteiger partial charge >= 0.3 is 12.4 Å². The number of aldehydes is 1. The summed E-state index contributed by atoms with van der Waals surface area (Å²) in [5, 5.41) is 0. The third kappa shape index (κ3) is 7.13. The molecule has 0 saturated heterocycles. The maximum Gasteiger partial charge on any atom is 0.416 e. The third-order valence-electron chi connectivity index (χ3n) is 3.20. The molecule has 140 valence electrons. The van der Waals surface area contributed by atoms with Crippen molar-refractivity contribution < 1.29 is 31.1 Å². The molecule has 0 aliphatic heterocycles. The summed E-state index contributed by atoms with van der Waals surface area (Å²) in [4.78, 5) is 10.3. The van der Waals surface area contributed by atoms with Crippen molar-refractivity contribution in [2.24, 2.45) is 0 Å². The van der Waals surface area contributed by atoms with Crippen LogP contribution < -0.4 is 0 Å². The maximum atomic E-state index is 12.8. The standard InChI is InChI=1S/C19H16F6O/c1-13(4-3-5-14(2)8-9-26)6-7-15-10-16(18(20,21)22)12-17(11-15)19(23,24)25/h3-12H,1-2H3/b5-3+,7-6+,13-4+,14-8+. The Hall–Kier alpha value is -2.57. The summed E-state index contributed by atoms with van der Waals surface area (Å²) in [6.45, 7) is 3.34. The van der Waals surface area contributed by atoms with Gasteiger partial charge in [0.05, 0.1) is 11.1 Å². The second-order valence-corrected chi connectivity index (χ2v) is 5.49. The minimum absolute atomic E-state index is 0.0882. The molecule has 1 aromatic carbocycles. The van der Waals surface area contributed by atoms with Crippen LogP contribution in [0.1, 0.15) is 30.5 Å². The van der Waals surface area contributed by atoms with E-state index in [4.69, 9.17) is 0 Å². The molecule has 1 nitrogen and oxygen atoms in total. The summed E-state index contributed by atoms with van der Waals surface area (Å²) in [7, 11) is 0. The fourth-order valence-electron chi connectivity index (χ4n) is 1.87. The van der Waals surface area contributed by atoms with E-state index in [0.29, 0.717) is 29.6 Å². The van der Waals surface area contributed by atoms with E-state index < -0.39 is 23.5 Å². The highest BCUT2D eigenvalue weighted by molar-refractivity contribution is 5.67. The number of carbonyl (C=O) groups excluding carboxylic acids is 1. The Morgan fingerprint density at radius 3 is 1.77 bits per heavy atom. The molecule has 1 rings (SSSR count). The van der Waals surface area contributed by atoms with E-state index in [9.17, 15) is 31.1 Å². The number of benzene rings is 1. The molecular formula is C19H16F6O. The van der Waals surface area contributed by atoms with Gasteiger partial charge in [0.2, 0.25) is 0 Å². The number of hydrogen-bond acceptors (Lipinski definition) is 1.